The van der Waals surface area contributed by atoms with Gasteiger partial charge in [0.1, 0.15) is 17.3 Å². The Balaban J connectivity index is 1.70. The maximum Gasteiger partial charge on any atom is 0.223 e. The number of carbonyl (C=O) groups excluding carboxylic acids is 1. The second kappa shape index (κ2) is 8.02. The maximum atomic E-state index is 13.4. The van der Waals surface area contributed by atoms with Crippen LogP contribution in [0.3, 0.4) is 0 Å². The van der Waals surface area contributed by atoms with Crippen LogP contribution in [0.4, 0.5) is 4.39 Å². The van der Waals surface area contributed by atoms with Crippen LogP contribution >= 0.6 is 0 Å². The van der Waals surface area contributed by atoms with Gasteiger partial charge in [-0.3, -0.25) is 4.79 Å². The van der Waals surface area contributed by atoms with Crippen LogP contribution in [0.1, 0.15) is 12.0 Å². The highest BCUT2D eigenvalue weighted by molar-refractivity contribution is 5.76. The molecule has 0 atom stereocenters. The van der Waals surface area contributed by atoms with E-state index in [1.165, 1.54) is 6.07 Å². The van der Waals surface area contributed by atoms with Crippen LogP contribution in [0.15, 0.2) is 48.5 Å². The molecule has 2 aromatic carbocycles. The van der Waals surface area contributed by atoms with Gasteiger partial charge in [0.2, 0.25) is 5.91 Å². The number of hydrogen-bond acceptors (Lipinski definition) is 3. The number of methoxy groups -OCH3 is 1. The van der Waals surface area contributed by atoms with Crippen LogP contribution in [-0.4, -0.2) is 19.6 Å². The van der Waals surface area contributed by atoms with Gasteiger partial charge in [-0.2, -0.15) is 0 Å². The summed E-state index contributed by atoms with van der Waals surface area (Å²) in [4.78, 5) is 11.7. The second-order valence-corrected chi connectivity index (χ2v) is 4.64. The van der Waals surface area contributed by atoms with Crippen LogP contribution in [0.25, 0.3) is 0 Å². The number of hydrogen-bond donors (Lipinski definition) is 1. The van der Waals surface area contributed by atoms with Gasteiger partial charge < -0.3 is 14.8 Å². The summed E-state index contributed by atoms with van der Waals surface area (Å²) in [6.45, 7) is 0.434. The molecular formula is C17H18FNO3. The number of nitrogens with one attached hydrogen (secondary N) is 1. The molecule has 116 valence electrons. The minimum absolute atomic E-state index is 0.175. The van der Waals surface area contributed by atoms with E-state index in [0.29, 0.717) is 11.3 Å². The Kier molecular flexibility index (Phi) is 5.77. The SMILES string of the molecule is COc1ccc(OCCC(=O)NCc2ccccc2F)cc1. The van der Waals surface area contributed by atoms with Crippen LogP contribution in [0, 0.1) is 5.82 Å². The van der Waals surface area contributed by atoms with Gasteiger partial charge in [-0.1, -0.05) is 18.2 Å². The third-order valence-corrected chi connectivity index (χ3v) is 3.09. The summed E-state index contributed by atoms with van der Waals surface area (Å²) in [5.74, 6) is 0.909. The molecule has 1 N–H and O–H groups in total. The molecule has 0 aliphatic rings. The predicted molar refractivity (Wildman–Crippen MR) is 81.4 cm³/mol. The highest BCUT2D eigenvalue weighted by atomic mass is 19.1. The first-order chi connectivity index (χ1) is 10.7. The molecule has 0 aliphatic carbocycles. The predicted octanol–water partition coefficient (Wildman–Crippen LogP) is 2.92. The molecule has 0 spiro atoms. The number of carbonyl (C=O) groups is 1. The van der Waals surface area contributed by atoms with Crippen LogP contribution in [0.2, 0.25) is 0 Å². The van der Waals surface area contributed by atoms with Crippen molar-refractivity contribution in [1.82, 2.24) is 5.32 Å². The molecule has 0 fully saturated rings. The summed E-state index contributed by atoms with van der Waals surface area (Å²) in [7, 11) is 1.59. The van der Waals surface area contributed by atoms with Gasteiger partial charge in [-0.05, 0) is 30.3 Å². The first kappa shape index (κ1) is 15.8. The fraction of sp³-hybridized carbons (Fsp3) is 0.235. The van der Waals surface area contributed by atoms with Gasteiger partial charge in [0.15, 0.2) is 0 Å². The minimum atomic E-state index is -0.322. The molecule has 0 saturated carbocycles. The number of ether oxygens (including phenoxy) is 2. The van der Waals surface area contributed by atoms with E-state index in [0.717, 1.165) is 5.75 Å². The second-order valence-electron chi connectivity index (χ2n) is 4.64. The smallest absolute Gasteiger partial charge is 0.223 e. The maximum absolute atomic E-state index is 13.4. The van der Waals surface area contributed by atoms with E-state index >= 15 is 0 Å². The van der Waals surface area contributed by atoms with Crippen molar-refractivity contribution in [2.45, 2.75) is 13.0 Å². The average molecular weight is 303 g/mol. The topological polar surface area (TPSA) is 47.6 Å². The lowest BCUT2D eigenvalue weighted by molar-refractivity contribution is -0.121. The average Bonchev–Trinajstić information content (AvgIpc) is 2.55. The minimum Gasteiger partial charge on any atom is -0.497 e. The molecule has 5 heteroatoms. The van der Waals surface area contributed by atoms with Crippen LogP contribution in [0.5, 0.6) is 11.5 Å². The van der Waals surface area contributed by atoms with Crippen molar-refractivity contribution in [1.29, 1.82) is 0 Å². The summed E-state index contributed by atoms with van der Waals surface area (Å²) in [5, 5.41) is 2.67. The fourth-order valence-corrected chi connectivity index (χ4v) is 1.86. The summed E-state index contributed by atoms with van der Waals surface area (Å²) in [6, 6.07) is 13.5. The summed E-state index contributed by atoms with van der Waals surface area (Å²) in [6.07, 6.45) is 0.209. The first-order valence-electron chi connectivity index (χ1n) is 6.96. The Morgan fingerprint density at radius 3 is 2.45 bits per heavy atom. The van der Waals surface area contributed by atoms with Gasteiger partial charge in [0.05, 0.1) is 20.1 Å². The van der Waals surface area contributed by atoms with E-state index < -0.39 is 0 Å². The molecule has 0 aromatic heterocycles. The Morgan fingerprint density at radius 1 is 1.09 bits per heavy atom. The van der Waals surface area contributed by atoms with E-state index in [1.807, 2.05) is 0 Å². The third-order valence-electron chi connectivity index (χ3n) is 3.09. The van der Waals surface area contributed by atoms with E-state index in [9.17, 15) is 9.18 Å². The normalized spacial score (nSPS) is 10.1. The van der Waals surface area contributed by atoms with Crippen molar-refractivity contribution in [3.8, 4) is 11.5 Å². The Labute approximate surface area is 128 Å². The molecule has 22 heavy (non-hydrogen) atoms. The lowest BCUT2D eigenvalue weighted by Gasteiger charge is -2.08. The quantitative estimate of drug-likeness (QED) is 0.855. The third kappa shape index (κ3) is 4.77. The van der Waals surface area contributed by atoms with Gasteiger partial charge in [-0.15, -0.1) is 0 Å². The lowest BCUT2D eigenvalue weighted by Crippen LogP contribution is -2.24. The monoisotopic (exact) mass is 303 g/mol. The molecule has 0 radical (unpaired) electrons. The Bertz CT molecular complexity index is 614. The molecule has 4 nitrogen and oxygen atoms in total. The molecule has 0 bridgehead atoms. The summed E-state index contributed by atoms with van der Waals surface area (Å²) >= 11 is 0. The number of benzene rings is 2. The summed E-state index contributed by atoms with van der Waals surface area (Å²) in [5.41, 5.74) is 0.465. The number of amides is 1. The van der Waals surface area contributed by atoms with Crippen molar-refractivity contribution < 1.29 is 18.7 Å². The van der Waals surface area contributed by atoms with E-state index in [1.54, 1.807) is 49.6 Å². The Morgan fingerprint density at radius 2 is 1.77 bits per heavy atom. The van der Waals surface area contributed by atoms with Crippen LogP contribution in [-0.2, 0) is 11.3 Å². The molecule has 0 saturated heterocycles. The first-order valence-corrected chi connectivity index (χ1v) is 6.96. The highest BCUT2D eigenvalue weighted by Crippen LogP contribution is 2.17. The number of rotatable bonds is 7. The fourth-order valence-electron chi connectivity index (χ4n) is 1.86. The van der Waals surface area contributed by atoms with Gasteiger partial charge in [-0.25, -0.2) is 4.39 Å². The van der Waals surface area contributed by atoms with E-state index in [-0.39, 0.29) is 31.3 Å². The highest BCUT2D eigenvalue weighted by Gasteiger charge is 2.05. The van der Waals surface area contributed by atoms with E-state index in [2.05, 4.69) is 5.32 Å². The molecule has 0 heterocycles. The van der Waals surface area contributed by atoms with E-state index in [4.69, 9.17) is 9.47 Å². The van der Waals surface area contributed by atoms with Crippen LogP contribution < -0.4 is 14.8 Å². The number of halogens is 1. The standard InChI is InChI=1S/C17H18FNO3/c1-21-14-6-8-15(9-7-14)22-11-10-17(20)19-12-13-4-2-3-5-16(13)18/h2-9H,10-12H2,1H3,(H,19,20). The molecular weight excluding hydrogens is 285 g/mol. The Hall–Kier alpha value is -2.56. The van der Waals surface area contributed by atoms with Crippen molar-refractivity contribution in [3.63, 3.8) is 0 Å². The molecule has 2 aromatic rings. The molecule has 0 unspecified atom stereocenters. The van der Waals surface area contributed by atoms with Crippen molar-refractivity contribution in [2.75, 3.05) is 13.7 Å². The molecule has 2 rings (SSSR count). The summed E-state index contributed by atoms with van der Waals surface area (Å²) < 4.78 is 23.9. The molecule has 1 amide bonds. The van der Waals surface area contributed by atoms with Crippen molar-refractivity contribution in [2.24, 2.45) is 0 Å². The lowest BCUT2D eigenvalue weighted by atomic mass is 10.2. The molecule has 0 aliphatic heterocycles. The zero-order chi connectivity index (χ0) is 15.8. The van der Waals surface area contributed by atoms with Crippen molar-refractivity contribution in [3.05, 3.63) is 59.9 Å². The van der Waals surface area contributed by atoms with Gasteiger partial charge in [0.25, 0.3) is 0 Å². The largest absolute Gasteiger partial charge is 0.497 e. The zero-order valence-electron chi connectivity index (χ0n) is 12.3. The van der Waals surface area contributed by atoms with Crippen molar-refractivity contribution >= 4 is 5.91 Å². The zero-order valence-corrected chi connectivity index (χ0v) is 12.3. The van der Waals surface area contributed by atoms with Gasteiger partial charge >= 0.3 is 0 Å². The van der Waals surface area contributed by atoms with Gasteiger partial charge in [0, 0.05) is 12.1 Å².